The maximum Gasteiger partial charge on any atom is 0.234 e. The molecule has 0 spiro atoms. The lowest BCUT2D eigenvalue weighted by Gasteiger charge is -2.26. The van der Waals surface area contributed by atoms with E-state index < -0.39 is 0 Å². The van der Waals surface area contributed by atoms with Crippen LogP contribution in [0.3, 0.4) is 0 Å². The number of anilines is 1. The first-order valence-corrected chi connectivity index (χ1v) is 7.38. The molecule has 0 saturated carbocycles. The van der Waals surface area contributed by atoms with Gasteiger partial charge < -0.3 is 11.1 Å². The van der Waals surface area contributed by atoms with Crippen molar-refractivity contribution in [1.82, 2.24) is 10.2 Å². The predicted octanol–water partition coefficient (Wildman–Crippen LogP) is 2.40. The monoisotopic (exact) mass is 277 g/mol. The van der Waals surface area contributed by atoms with Crippen molar-refractivity contribution in [2.45, 2.75) is 46.2 Å². The molecule has 0 atom stereocenters. The van der Waals surface area contributed by atoms with Gasteiger partial charge in [-0.15, -0.1) is 0 Å². The van der Waals surface area contributed by atoms with E-state index in [0.717, 1.165) is 30.6 Å². The lowest BCUT2D eigenvalue weighted by Crippen LogP contribution is -2.40. The molecule has 0 aromatic heterocycles. The van der Waals surface area contributed by atoms with Crippen LogP contribution in [-0.4, -0.2) is 29.9 Å². The summed E-state index contributed by atoms with van der Waals surface area (Å²) < 4.78 is 0. The summed E-state index contributed by atoms with van der Waals surface area (Å²) >= 11 is 0. The number of benzene rings is 1. The van der Waals surface area contributed by atoms with E-state index in [-0.39, 0.29) is 5.91 Å². The molecule has 0 aliphatic rings. The summed E-state index contributed by atoms with van der Waals surface area (Å²) in [5.74, 6) is 0.0849. The Bertz CT molecular complexity index is 418. The third-order valence-corrected chi connectivity index (χ3v) is 3.36. The highest BCUT2D eigenvalue weighted by Gasteiger charge is 2.15. The number of nitrogens with two attached hydrogens (primary N) is 1. The second-order valence-electron chi connectivity index (χ2n) is 5.40. The molecule has 3 N–H and O–H groups in total. The fraction of sp³-hybridized carbons (Fsp3) is 0.562. The topological polar surface area (TPSA) is 58.4 Å². The molecule has 1 aromatic carbocycles. The van der Waals surface area contributed by atoms with E-state index in [9.17, 15) is 4.79 Å². The molecule has 0 aliphatic heterocycles. The van der Waals surface area contributed by atoms with E-state index in [2.05, 4.69) is 31.0 Å². The van der Waals surface area contributed by atoms with Crippen LogP contribution in [0.4, 0.5) is 5.69 Å². The Labute approximate surface area is 122 Å². The van der Waals surface area contributed by atoms with Gasteiger partial charge in [-0.3, -0.25) is 9.69 Å². The molecule has 0 saturated heterocycles. The number of carbonyl (C=O) groups excluding carboxylic acids is 1. The second-order valence-corrected chi connectivity index (χ2v) is 5.40. The molecule has 4 heteroatoms. The molecule has 0 unspecified atom stereocenters. The second kappa shape index (κ2) is 8.59. The minimum absolute atomic E-state index is 0.0849. The van der Waals surface area contributed by atoms with Gasteiger partial charge >= 0.3 is 0 Å². The smallest absolute Gasteiger partial charge is 0.234 e. The number of nitrogen functional groups attached to an aromatic ring is 1. The summed E-state index contributed by atoms with van der Waals surface area (Å²) in [5, 5.41) is 2.96. The summed E-state index contributed by atoms with van der Waals surface area (Å²) in [5.41, 5.74) is 7.82. The number of rotatable bonds is 8. The molecule has 0 radical (unpaired) electrons. The van der Waals surface area contributed by atoms with Crippen LogP contribution in [0, 0.1) is 0 Å². The van der Waals surface area contributed by atoms with Crippen LogP contribution in [0.2, 0.25) is 0 Å². The van der Waals surface area contributed by atoms with Gasteiger partial charge in [-0.2, -0.15) is 0 Å². The van der Waals surface area contributed by atoms with Crippen LogP contribution >= 0.6 is 0 Å². The van der Waals surface area contributed by atoms with Gasteiger partial charge in [0.2, 0.25) is 5.91 Å². The van der Waals surface area contributed by atoms with Gasteiger partial charge in [-0.1, -0.05) is 31.5 Å². The number of hydrogen-bond acceptors (Lipinski definition) is 3. The van der Waals surface area contributed by atoms with Crippen LogP contribution in [0.5, 0.6) is 0 Å². The van der Waals surface area contributed by atoms with E-state index in [4.69, 9.17) is 5.73 Å². The summed E-state index contributed by atoms with van der Waals surface area (Å²) in [6.45, 7) is 8.18. The maximum atomic E-state index is 11.9. The minimum Gasteiger partial charge on any atom is -0.398 e. The van der Waals surface area contributed by atoms with Gasteiger partial charge in [0.1, 0.15) is 0 Å². The number of carbonyl (C=O) groups is 1. The predicted molar refractivity (Wildman–Crippen MR) is 84.3 cm³/mol. The number of para-hydroxylation sites is 1. The van der Waals surface area contributed by atoms with Crippen LogP contribution in [-0.2, 0) is 11.3 Å². The highest BCUT2D eigenvalue weighted by molar-refractivity contribution is 5.78. The fourth-order valence-corrected chi connectivity index (χ4v) is 1.96. The number of amides is 1. The highest BCUT2D eigenvalue weighted by atomic mass is 16.2. The van der Waals surface area contributed by atoms with E-state index in [1.165, 1.54) is 0 Å². The lowest BCUT2D eigenvalue weighted by molar-refractivity contribution is -0.122. The minimum atomic E-state index is 0.0849. The molecule has 0 bridgehead atoms. The Kier molecular flexibility index (Phi) is 7.09. The zero-order chi connectivity index (χ0) is 15.0. The van der Waals surface area contributed by atoms with E-state index in [1.54, 1.807) is 0 Å². The third-order valence-electron chi connectivity index (χ3n) is 3.36. The first kappa shape index (κ1) is 16.5. The Morgan fingerprint density at radius 1 is 1.35 bits per heavy atom. The average Bonchev–Trinajstić information content (AvgIpc) is 2.40. The van der Waals surface area contributed by atoms with Crippen LogP contribution in [0.1, 0.15) is 39.2 Å². The van der Waals surface area contributed by atoms with Gasteiger partial charge in [0.05, 0.1) is 6.54 Å². The summed E-state index contributed by atoms with van der Waals surface area (Å²) in [6, 6.07) is 8.11. The van der Waals surface area contributed by atoms with Crippen molar-refractivity contribution in [3.05, 3.63) is 29.8 Å². The largest absolute Gasteiger partial charge is 0.398 e. The average molecular weight is 277 g/mol. The summed E-state index contributed by atoms with van der Waals surface area (Å²) in [6.07, 6.45) is 2.12. The van der Waals surface area contributed by atoms with Gasteiger partial charge in [0, 0.05) is 24.8 Å². The maximum absolute atomic E-state index is 11.9. The Hall–Kier alpha value is -1.55. The van der Waals surface area contributed by atoms with Crippen LogP contribution < -0.4 is 11.1 Å². The molecule has 0 aliphatic carbocycles. The Morgan fingerprint density at radius 3 is 2.65 bits per heavy atom. The standard InChI is InChI=1S/C16H27N3O/c1-4-5-10-18-16(20)12-19(13(2)3)11-14-8-6-7-9-15(14)17/h6-9,13H,4-5,10-12,17H2,1-3H3,(H,18,20). The van der Waals surface area contributed by atoms with Crippen molar-refractivity contribution < 1.29 is 4.79 Å². The molecule has 4 nitrogen and oxygen atoms in total. The molecule has 1 aromatic rings. The van der Waals surface area contributed by atoms with E-state index >= 15 is 0 Å². The number of unbranched alkanes of at least 4 members (excludes halogenated alkanes) is 1. The molecule has 1 rings (SSSR count). The normalized spacial score (nSPS) is 11.1. The van der Waals surface area contributed by atoms with E-state index in [0.29, 0.717) is 19.1 Å². The number of nitrogens with one attached hydrogen (secondary N) is 1. The quantitative estimate of drug-likeness (QED) is 0.566. The van der Waals surface area contributed by atoms with Crippen LogP contribution in [0.25, 0.3) is 0 Å². The van der Waals surface area contributed by atoms with Crippen molar-refractivity contribution in [1.29, 1.82) is 0 Å². The first-order chi connectivity index (χ1) is 9.54. The van der Waals surface area contributed by atoms with Gasteiger partial charge in [0.15, 0.2) is 0 Å². The molecule has 20 heavy (non-hydrogen) atoms. The lowest BCUT2D eigenvalue weighted by atomic mass is 10.1. The molecule has 0 heterocycles. The van der Waals surface area contributed by atoms with Crippen molar-refractivity contribution in [2.75, 3.05) is 18.8 Å². The zero-order valence-electron chi connectivity index (χ0n) is 12.9. The number of nitrogens with zero attached hydrogens (tertiary/aromatic N) is 1. The highest BCUT2D eigenvalue weighted by Crippen LogP contribution is 2.14. The Morgan fingerprint density at radius 2 is 2.05 bits per heavy atom. The summed E-state index contributed by atoms with van der Waals surface area (Å²) in [7, 11) is 0. The van der Waals surface area contributed by atoms with Crippen molar-refractivity contribution >= 4 is 11.6 Å². The Balaban J connectivity index is 2.57. The summed E-state index contributed by atoms with van der Waals surface area (Å²) in [4.78, 5) is 14.1. The van der Waals surface area contributed by atoms with Gasteiger partial charge in [-0.05, 0) is 31.9 Å². The van der Waals surface area contributed by atoms with Gasteiger partial charge in [-0.25, -0.2) is 0 Å². The third kappa shape index (κ3) is 5.61. The SMILES string of the molecule is CCCCNC(=O)CN(Cc1ccccc1N)C(C)C. The molecular weight excluding hydrogens is 250 g/mol. The van der Waals surface area contributed by atoms with Crippen molar-refractivity contribution in [3.8, 4) is 0 Å². The van der Waals surface area contributed by atoms with Gasteiger partial charge in [0.25, 0.3) is 0 Å². The van der Waals surface area contributed by atoms with Crippen molar-refractivity contribution in [2.24, 2.45) is 0 Å². The molecule has 1 amide bonds. The zero-order valence-corrected chi connectivity index (χ0v) is 12.9. The van der Waals surface area contributed by atoms with E-state index in [1.807, 2.05) is 24.3 Å². The first-order valence-electron chi connectivity index (χ1n) is 7.38. The fourth-order valence-electron chi connectivity index (χ4n) is 1.96. The van der Waals surface area contributed by atoms with Crippen molar-refractivity contribution in [3.63, 3.8) is 0 Å². The molecule has 112 valence electrons. The van der Waals surface area contributed by atoms with Crippen LogP contribution in [0.15, 0.2) is 24.3 Å². The molecule has 0 fully saturated rings. The number of hydrogen-bond donors (Lipinski definition) is 2. The molecular formula is C16H27N3O.